The number of benzene rings is 1. The van der Waals surface area contributed by atoms with E-state index in [9.17, 15) is 39.6 Å². The van der Waals surface area contributed by atoms with E-state index in [1.807, 2.05) is 0 Å². The molecule has 39 heavy (non-hydrogen) atoms. The SMILES string of the molecule is C[C@H]1c2ccc(N)c(O)c2C(O)=C2C(=O)[C@]3(O)C(O)=C(C(N)=O)C(=O)[C@@H](N(C)C)[C@@H]3[C@@H](OC(=O)C3CCC3)[C@@H]21. The normalized spacial score (nSPS) is 32.4. The number of carbonyl (C=O) groups is 4. The number of aliphatic hydroxyl groups is 3. The van der Waals surface area contributed by atoms with Crippen LogP contribution in [-0.2, 0) is 23.9 Å². The number of esters is 1. The molecule has 0 saturated heterocycles. The molecule has 4 aliphatic rings. The highest BCUT2D eigenvalue weighted by Crippen LogP contribution is 2.57. The molecule has 12 nitrogen and oxygen atoms in total. The van der Waals surface area contributed by atoms with Crippen molar-refractivity contribution in [3.8, 4) is 5.75 Å². The molecule has 0 spiro atoms. The summed E-state index contributed by atoms with van der Waals surface area (Å²) in [4.78, 5) is 54.5. The minimum absolute atomic E-state index is 0.0750. The van der Waals surface area contributed by atoms with E-state index >= 15 is 0 Å². The number of ether oxygens (including phenoxy) is 1. The standard InChI is InChI=1S/C27H31N3O9/c1-9-11-7-8-12(28)19(31)14(11)20(32)15-13(9)22(39-26(37)10-5-4-6-10)17-18(30(2)3)21(33)16(25(29)36)24(35)27(17,38)23(15)34/h7-10,13,17-18,22,31-32,35,38H,4-6,28H2,1-3H3,(H2,29,36)/t9-,13+,17+,18-,22-,27-/m0/s1. The van der Waals surface area contributed by atoms with Gasteiger partial charge in [0.15, 0.2) is 11.4 Å². The van der Waals surface area contributed by atoms with E-state index in [-0.39, 0.29) is 11.3 Å². The molecular formula is C27H31N3O9. The topological polar surface area (TPSA) is 214 Å². The summed E-state index contributed by atoms with van der Waals surface area (Å²) in [6, 6.07) is 1.59. The second-order valence-corrected chi connectivity index (χ2v) is 11.1. The number of nitrogens with two attached hydrogens (primary N) is 2. The monoisotopic (exact) mass is 541 g/mol. The van der Waals surface area contributed by atoms with Crippen LogP contribution in [0.25, 0.3) is 5.76 Å². The van der Waals surface area contributed by atoms with Crippen molar-refractivity contribution in [3.05, 3.63) is 40.2 Å². The second-order valence-electron chi connectivity index (χ2n) is 11.1. The summed E-state index contributed by atoms with van der Waals surface area (Å²) in [5.74, 6) is -10.3. The van der Waals surface area contributed by atoms with Gasteiger partial charge in [0.25, 0.3) is 5.91 Å². The summed E-state index contributed by atoms with van der Waals surface area (Å²) >= 11 is 0. The van der Waals surface area contributed by atoms with Crippen molar-refractivity contribution in [2.45, 2.75) is 49.9 Å². The number of aliphatic hydroxyl groups excluding tert-OH is 2. The van der Waals surface area contributed by atoms with Gasteiger partial charge in [-0.25, -0.2) is 0 Å². The van der Waals surface area contributed by atoms with Gasteiger partial charge in [0.2, 0.25) is 5.78 Å². The Balaban J connectivity index is 1.83. The van der Waals surface area contributed by atoms with Crippen LogP contribution in [0.4, 0.5) is 5.69 Å². The number of nitrogen functional groups attached to an aromatic ring is 1. The Bertz CT molecular complexity index is 1390. The van der Waals surface area contributed by atoms with Gasteiger partial charge in [-0.1, -0.05) is 19.4 Å². The summed E-state index contributed by atoms with van der Waals surface area (Å²) in [6.45, 7) is 1.69. The molecule has 4 aliphatic carbocycles. The van der Waals surface area contributed by atoms with E-state index in [0.29, 0.717) is 18.4 Å². The first-order valence-electron chi connectivity index (χ1n) is 12.7. The number of ketones is 2. The average Bonchev–Trinajstić information content (AvgIpc) is 2.81. The molecule has 0 aromatic heterocycles. The molecule has 6 atom stereocenters. The van der Waals surface area contributed by atoms with Crippen LogP contribution in [0, 0.1) is 17.8 Å². The van der Waals surface area contributed by atoms with Gasteiger partial charge in [-0.15, -0.1) is 0 Å². The molecule has 2 saturated carbocycles. The number of Topliss-reactive ketones (excluding diaryl/α,β-unsaturated/α-hetero) is 2. The molecule has 1 aromatic carbocycles. The first kappa shape index (κ1) is 26.7. The Kier molecular flexibility index (Phi) is 6.03. The Morgan fingerprint density at radius 2 is 1.77 bits per heavy atom. The van der Waals surface area contributed by atoms with Crippen LogP contribution in [0.5, 0.6) is 5.75 Å². The maximum absolute atomic E-state index is 14.2. The Morgan fingerprint density at radius 3 is 2.31 bits per heavy atom. The lowest BCUT2D eigenvalue weighted by molar-refractivity contribution is -0.189. The Morgan fingerprint density at radius 1 is 1.13 bits per heavy atom. The van der Waals surface area contributed by atoms with Gasteiger partial charge in [0.1, 0.15) is 28.9 Å². The number of phenols is 1. The first-order valence-corrected chi connectivity index (χ1v) is 12.7. The number of rotatable bonds is 4. The van der Waals surface area contributed by atoms with Gasteiger partial charge >= 0.3 is 5.97 Å². The van der Waals surface area contributed by atoms with Crippen LogP contribution in [0.1, 0.15) is 43.2 Å². The molecule has 2 fully saturated rings. The predicted octanol–water partition coefficient (Wildman–Crippen LogP) is 0.429. The minimum Gasteiger partial charge on any atom is -0.508 e. The number of nitrogens with zero attached hydrogens (tertiary/aromatic N) is 1. The fraction of sp³-hybridized carbons (Fsp3) is 0.481. The fourth-order valence-corrected chi connectivity index (χ4v) is 6.62. The molecule has 0 unspecified atom stereocenters. The first-order chi connectivity index (χ1) is 18.2. The van der Waals surface area contributed by atoms with Gasteiger partial charge in [0.05, 0.1) is 29.1 Å². The van der Waals surface area contributed by atoms with Crippen LogP contribution in [0.15, 0.2) is 29.0 Å². The highest BCUT2D eigenvalue weighted by Gasteiger charge is 2.69. The van der Waals surface area contributed by atoms with Gasteiger partial charge in [-0.3, -0.25) is 24.1 Å². The average molecular weight is 542 g/mol. The molecule has 0 heterocycles. The van der Waals surface area contributed by atoms with Gasteiger partial charge in [-0.2, -0.15) is 0 Å². The molecule has 0 aliphatic heterocycles. The number of hydrogen-bond donors (Lipinski definition) is 6. The maximum Gasteiger partial charge on any atom is 0.309 e. The molecule has 0 radical (unpaired) electrons. The molecule has 8 N–H and O–H groups in total. The van der Waals surface area contributed by atoms with Crippen molar-refractivity contribution in [3.63, 3.8) is 0 Å². The summed E-state index contributed by atoms with van der Waals surface area (Å²) < 4.78 is 6.00. The number of phenolic OH excluding ortho intramolecular Hbond substituents is 1. The lowest BCUT2D eigenvalue weighted by atomic mass is 9.54. The van der Waals surface area contributed by atoms with E-state index in [0.717, 1.165) is 6.42 Å². The highest BCUT2D eigenvalue weighted by molar-refractivity contribution is 6.24. The minimum atomic E-state index is -2.97. The van der Waals surface area contributed by atoms with E-state index in [2.05, 4.69) is 0 Å². The molecule has 0 bridgehead atoms. The zero-order chi connectivity index (χ0) is 28.7. The van der Waals surface area contributed by atoms with Crippen LogP contribution in [0.2, 0.25) is 0 Å². The molecule has 208 valence electrons. The third kappa shape index (κ3) is 3.44. The zero-order valence-corrected chi connectivity index (χ0v) is 21.7. The van der Waals surface area contributed by atoms with Gasteiger partial charge < -0.3 is 36.6 Å². The number of anilines is 1. The van der Waals surface area contributed by atoms with Crippen LogP contribution in [0.3, 0.4) is 0 Å². The number of amides is 1. The number of fused-ring (bicyclic) bond motifs is 3. The van der Waals surface area contributed by atoms with Crippen molar-refractivity contribution in [1.82, 2.24) is 4.90 Å². The molecule has 12 heteroatoms. The Labute approximate surface area is 223 Å². The smallest absolute Gasteiger partial charge is 0.309 e. The number of hydrogen-bond acceptors (Lipinski definition) is 11. The number of likely N-dealkylation sites (N-methyl/N-ethyl adjacent to an activating group) is 1. The molecule has 1 amide bonds. The van der Waals surface area contributed by atoms with Gasteiger partial charge in [0, 0.05) is 11.5 Å². The van der Waals surface area contributed by atoms with Crippen molar-refractivity contribution < 1.29 is 44.3 Å². The summed E-state index contributed by atoms with van der Waals surface area (Å²) in [5, 5.41) is 45.2. The van der Waals surface area contributed by atoms with E-state index in [4.69, 9.17) is 16.2 Å². The van der Waals surface area contributed by atoms with Gasteiger partial charge in [-0.05, 0) is 44.5 Å². The van der Waals surface area contributed by atoms with Crippen molar-refractivity contribution in [2.75, 3.05) is 19.8 Å². The van der Waals surface area contributed by atoms with Crippen molar-refractivity contribution >= 4 is 34.9 Å². The summed E-state index contributed by atoms with van der Waals surface area (Å²) in [5.41, 5.74) is 7.07. The van der Waals surface area contributed by atoms with E-state index in [1.165, 1.54) is 25.1 Å². The van der Waals surface area contributed by atoms with E-state index in [1.54, 1.807) is 13.0 Å². The zero-order valence-electron chi connectivity index (χ0n) is 21.7. The van der Waals surface area contributed by atoms with E-state index < -0.39 is 93.3 Å². The summed E-state index contributed by atoms with van der Waals surface area (Å²) in [7, 11) is 2.95. The second kappa shape index (κ2) is 8.82. The third-order valence-electron chi connectivity index (χ3n) is 8.82. The van der Waals surface area contributed by atoms with Crippen LogP contribution in [-0.4, -0.2) is 80.6 Å². The summed E-state index contributed by atoms with van der Waals surface area (Å²) in [6.07, 6.45) is 0.571. The highest BCUT2D eigenvalue weighted by atomic mass is 16.5. The Hall–Kier alpha value is -3.90. The fourth-order valence-electron chi connectivity index (χ4n) is 6.62. The lowest BCUT2D eigenvalue weighted by Crippen LogP contribution is -2.71. The molecular weight excluding hydrogens is 510 g/mol. The largest absolute Gasteiger partial charge is 0.508 e. The van der Waals surface area contributed by atoms with Crippen molar-refractivity contribution in [2.24, 2.45) is 23.5 Å². The molecule has 1 aromatic rings. The number of carbonyl (C=O) groups excluding carboxylic acids is 4. The number of aromatic hydroxyl groups is 1. The quantitative estimate of drug-likeness (QED) is 0.133. The predicted molar refractivity (Wildman–Crippen MR) is 136 cm³/mol. The maximum atomic E-state index is 14.2. The van der Waals surface area contributed by atoms with Crippen LogP contribution < -0.4 is 11.5 Å². The molecule has 5 rings (SSSR count). The van der Waals surface area contributed by atoms with Crippen LogP contribution >= 0.6 is 0 Å². The lowest BCUT2D eigenvalue weighted by Gasteiger charge is -2.54. The van der Waals surface area contributed by atoms with Crippen molar-refractivity contribution in [1.29, 1.82) is 0 Å². The number of primary amides is 1. The third-order valence-corrected chi connectivity index (χ3v) is 8.82.